The van der Waals surface area contributed by atoms with E-state index in [4.69, 9.17) is 0 Å². The van der Waals surface area contributed by atoms with Gasteiger partial charge in [-0.3, -0.25) is 4.79 Å². The lowest BCUT2D eigenvalue weighted by Crippen LogP contribution is -1.65. The molecule has 0 saturated heterocycles. The van der Waals surface area contributed by atoms with Crippen molar-refractivity contribution in [3.8, 4) is 0 Å². The zero-order valence-corrected chi connectivity index (χ0v) is 9.43. The van der Waals surface area contributed by atoms with Crippen molar-refractivity contribution in [3.05, 3.63) is 48.6 Å². The molecule has 1 heteroatoms. The molecule has 15 heavy (non-hydrogen) atoms. The van der Waals surface area contributed by atoms with Gasteiger partial charge < -0.3 is 0 Å². The van der Waals surface area contributed by atoms with Crippen LogP contribution in [0.3, 0.4) is 0 Å². The van der Waals surface area contributed by atoms with Crippen molar-refractivity contribution in [1.29, 1.82) is 0 Å². The smallest absolute Gasteiger partial charge is 0.142 e. The Hall–Kier alpha value is -1.37. The van der Waals surface area contributed by atoms with Crippen LogP contribution in [0.5, 0.6) is 0 Å². The minimum atomic E-state index is 0.782. The average molecular weight is 204 g/mol. The van der Waals surface area contributed by atoms with E-state index < -0.39 is 0 Å². The van der Waals surface area contributed by atoms with Gasteiger partial charge in [-0.05, 0) is 31.8 Å². The van der Waals surface area contributed by atoms with Crippen molar-refractivity contribution in [2.24, 2.45) is 0 Å². The van der Waals surface area contributed by atoms with Gasteiger partial charge in [-0.2, -0.15) is 0 Å². The Bertz CT molecular complexity index is 244. The van der Waals surface area contributed by atoms with Crippen LogP contribution in [0.15, 0.2) is 48.6 Å². The summed E-state index contributed by atoms with van der Waals surface area (Å²) >= 11 is 0. The largest absolute Gasteiger partial charge is 0.299 e. The monoisotopic (exact) mass is 204 g/mol. The number of rotatable bonds is 8. The molecule has 0 radical (unpaired) electrons. The number of carbonyl (C=O) groups excluding carboxylic acids is 1. The highest BCUT2D eigenvalue weighted by Gasteiger charge is 1.75. The Balaban J connectivity index is 3.37. The first-order valence-electron chi connectivity index (χ1n) is 5.48. The van der Waals surface area contributed by atoms with E-state index in [1.165, 1.54) is 6.08 Å². The first-order valence-corrected chi connectivity index (χ1v) is 5.48. The number of unbranched alkanes of at least 4 members (excludes halogenated alkanes) is 1. The normalized spacial score (nSPS) is 12.6. The Morgan fingerprint density at radius 3 is 2.27 bits per heavy atom. The standard InChI is InChI=1S/C14H20O/c1-2-3-4-5-6-7-8-9-10-11-12-13-14-15/h3-4,6-7,10-14H,2,5,8-9H2,1H3/b4-3-,7-6-,11-10+,13-12+. The van der Waals surface area contributed by atoms with Crippen LogP contribution in [-0.4, -0.2) is 6.29 Å². The van der Waals surface area contributed by atoms with Crippen LogP contribution in [0.2, 0.25) is 0 Å². The molecule has 0 heterocycles. The van der Waals surface area contributed by atoms with E-state index in [2.05, 4.69) is 37.3 Å². The van der Waals surface area contributed by atoms with Crippen molar-refractivity contribution in [2.75, 3.05) is 0 Å². The molecule has 0 aliphatic rings. The van der Waals surface area contributed by atoms with Gasteiger partial charge in [0.2, 0.25) is 0 Å². The van der Waals surface area contributed by atoms with Crippen molar-refractivity contribution in [3.63, 3.8) is 0 Å². The summed E-state index contributed by atoms with van der Waals surface area (Å²) in [4.78, 5) is 9.93. The summed E-state index contributed by atoms with van der Waals surface area (Å²) in [6.07, 6.45) is 20.9. The van der Waals surface area contributed by atoms with Gasteiger partial charge in [0.05, 0.1) is 0 Å². The van der Waals surface area contributed by atoms with Crippen molar-refractivity contribution in [2.45, 2.75) is 32.6 Å². The van der Waals surface area contributed by atoms with Crippen molar-refractivity contribution < 1.29 is 4.79 Å². The lowest BCUT2D eigenvalue weighted by Gasteiger charge is -1.85. The Kier molecular flexibility index (Phi) is 11.5. The summed E-state index contributed by atoms with van der Waals surface area (Å²) in [6, 6.07) is 0. The fourth-order valence-corrected chi connectivity index (χ4v) is 1.03. The molecule has 0 aliphatic carbocycles. The molecule has 0 N–H and O–H groups in total. The van der Waals surface area contributed by atoms with E-state index in [9.17, 15) is 4.79 Å². The highest BCUT2D eigenvalue weighted by molar-refractivity contribution is 5.65. The summed E-state index contributed by atoms with van der Waals surface area (Å²) < 4.78 is 0. The maximum Gasteiger partial charge on any atom is 0.142 e. The Morgan fingerprint density at radius 2 is 1.53 bits per heavy atom. The molecule has 0 amide bonds. The number of hydrogen-bond acceptors (Lipinski definition) is 1. The van der Waals surface area contributed by atoms with E-state index in [1.807, 2.05) is 6.08 Å². The summed E-state index contributed by atoms with van der Waals surface area (Å²) in [5, 5.41) is 0. The molecule has 82 valence electrons. The van der Waals surface area contributed by atoms with Crippen LogP contribution in [0.4, 0.5) is 0 Å². The topological polar surface area (TPSA) is 17.1 Å². The van der Waals surface area contributed by atoms with Gasteiger partial charge in [0.15, 0.2) is 0 Å². The first kappa shape index (κ1) is 13.6. The second-order valence-corrected chi connectivity index (χ2v) is 3.11. The van der Waals surface area contributed by atoms with Crippen LogP contribution in [0, 0.1) is 0 Å². The maximum absolute atomic E-state index is 9.93. The summed E-state index contributed by atoms with van der Waals surface area (Å²) in [5.74, 6) is 0. The third-order valence-electron chi connectivity index (χ3n) is 1.78. The van der Waals surface area contributed by atoms with Gasteiger partial charge in [-0.25, -0.2) is 0 Å². The molecule has 0 rings (SSSR count). The van der Waals surface area contributed by atoms with Gasteiger partial charge in [0.25, 0.3) is 0 Å². The number of allylic oxidation sites excluding steroid dienone is 8. The highest BCUT2D eigenvalue weighted by Crippen LogP contribution is 1.95. The maximum atomic E-state index is 9.93. The SMILES string of the molecule is CC/C=C\C/C=C\CC/C=C/C=C/C=O. The van der Waals surface area contributed by atoms with E-state index in [1.54, 1.807) is 6.08 Å². The molecule has 0 spiro atoms. The molecule has 0 bridgehead atoms. The fraction of sp³-hybridized carbons (Fsp3) is 0.357. The van der Waals surface area contributed by atoms with Gasteiger partial charge in [0, 0.05) is 0 Å². The number of carbonyl (C=O) groups is 1. The fourth-order valence-electron chi connectivity index (χ4n) is 1.03. The van der Waals surface area contributed by atoms with E-state index in [0.29, 0.717) is 0 Å². The summed E-state index contributed by atoms with van der Waals surface area (Å²) in [7, 11) is 0. The molecule has 0 fully saturated rings. The summed E-state index contributed by atoms with van der Waals surface area (Å²) in [5.41, 5.74) is 0. The average Bonchev–Trinajstić information content (AvgIpc) is 2.26. The molecule has 0 aromatic heterocycles. The lowest BCUT2D eigenvalue weighted by atomic mass is 10.2. The van der Waals surface area contributed by atoms with Crippen LogP contribution in [-0.2, 0) is 4.79 Å². The third kappa shape index (κ3) is 12.6. The van der Waals surface area contributed by atoms with Crippen LogP contribution >= 0.6 is 0 Å². The number of aldehydes is 1. The zero-order valence-electron chi connectivity index (χ0n) is 9.43. The highest BCUT2D eigenvalue weighted by atomic mass is 16.1. The van der Waals surface area contributed by atoms with E-state index in [0.717, 1.165) is 32.0 Å². The zero-order chi connectivity index (χ0) is 11.2. The molecule has 0 atom stereocenters. The third-order valence-corrected chi connectivity index (χ3v) is 1.78. The predicted molar refractivity (Wildman–Crippen MR) is 66.8 cm³/mol. The van der Waals surface area contributed by atoms with E-state index >= 15 is 0 Å². The molecule has 0 aromatic carbocycles. The lowest BCUT2D eigenvalue weighted by molar-refractivity contribution is -0.104. The van der Waals surface area contributed by atoms with Gasteiger partial charge >= 0.3 is 0 Å². The Labute approximate surface area is 92.9 Å². The molecule has 1 nitrogen and oxygen atoms in total. The van der Waals surface area contributed by atoms with Crippen LogP contribution in [0.1, 0.15) is 32.6 Å². The van der Waals surface area contributed by atoms with Gasteiger partial charge in [0.1, 0.15) is 6.29 Å². The van der Waals surface area contributed by atoms with Gasteiger partial charge in [-0.1, -0.05) is 49.5 Å². The summed E-state index contributed by atoms with van der Waals surface area (Å²) in [6.45, 7) is 2.14. The Morgan fingerprint density at radius 1 is 0.800 bits per heavy atom. The van der Waals surface area contributed by atoms with Crippen molar-refractivity contribution in [1.82, 2.24) is 0 Å². The minimum absolute atomic E-state index is 0.782. The molecule has 0 aromatic rings. The first-order chi connectivity index (χ1) is 7.41. The van der Waals surface area contributed by atoms with Gasteiger partial charge in [-0.15, -0.1) is 0 Å². The second-order valence-electron chi connectivity index (χ2n) is 3.11. The molecule has 0 unspecified atom stereocenters. The van der Waals surface area contributed by atoms with E-state index in [-0.39, 0.29) is 0 Å². The second kappa shape index (κ2) is 12.6. The van der Waals surface area contributed by atoms with Crippen LogP contribution in [0.25, 0.3) is 0 Å². The quantitative estimate of drug-likeness (QED) is 0.192. The predicted octanol–water partition coefficient (Wildman–Crippen LogP) is 3.99. The molecular weight excluding hydrogens is 184 g/mol. The van der Waals surface area contributed by atoms with Crippen molar-refractivity contribution >= 4 is 6.29 Å². The minimum Gasteiger partial charge on any atom is -0.299 e. The number of hydrogen-bond donors (Lipinski definition) is 0. The molecular formula is C14H20O. The molecule has 0 aliphatic heterocycles. The van der Waals surface area contributed by atoms with Crippen LogP contribution < -0.4 is 0 Å². The molecule has 0 saturated carbocycles.